The maximum atomic E-state index is 14.4. The van der Waals surface area contributed by atoms with E-state index in [0.717, 1.165) is 43.9 Å². The summed E-state index contributed by atoms with van der Waals surface area (Å²) in [5.41, 5.74) is -0.180. The summed E-state index contributed by atoms with van der Waals surface area (Å²) in [4.78, 5) is 26.7. The summed E-state index contributed by atoms with van der Waals surface area (Å²) in [5.74, 6) is -0.817. The molecule has 0 saturated carbocycles. The Bertz CT molecular complexity index is 979. The second kappa shape index (κ2) is 9.04. The normalized spacial score (nSPS) is 18.7. The van der Waals surface area contributed by atoms with Gasteiger partial charge in [-0.25, -0.2) is 23.5 Å². The molecule has 7 nitrogen and oxygen atoms in total. The maximum Gasteiger partial charge on any atom is 0.320 e. The summed E-state index contributed by atoms with van der Waals surface area (Å²) in [6, 6.07) is 1.99. The fraction of sp³-hybridized carbons (Fsp3) is 0.450. The number of rotatable bonds is 5. The first-order chi connectivity index (χ1) is 14.8. The number of urea groups is 1. The Hall–Kier alpha value is -2.33. The van der Waals surface area contributed by atoms with Crippen molar-refractivity contribution in [2.45, 2.75) is 30.3 Å². The lowest BCUT2D eigenvalue weighted by atomic mass is 10.0. The number of carbonyl (C=O) groups excluding carboxylic acids is 1. The smallest absolute Gasteiger partial charge is 0.320 e. The molecule has 2 aliphatic heterocycles. The molecule has 1 aromatic heterocycles. The van der Waals surface area contributed by atoms with Crippen molar-refractivity contribution in [3.63, 3.8) is 0 Å². The van der Waals surface area contributed by atoms with Crippen LogP contribution in [-0.2, 0) is 17.3 Å². The number of amides is 2. The third kappa shape index (κ3) is 4.64. The van der Waals surface area contributed by atoms with Gasteiger partial charge in [0.2, 0.25) is 0 Å². The molecule has 31 heavy (non-hydrogen) atoms. The van der Waals surface area contributed by atoms with Gasteiger partial charge in [0.15, 0.2) is 0 Å². The van der Waals surface area contributed by atoms with E-state index < -0.39 is 22.4 Å². The maximum absolute atomic E-state index is 14.4. The highest BCUT2D eigenvalue weighted by molar-refractivity contribution is 7.84. The molecule has 2 amide bonds. The molecule has 0 N–H and O–H groups in total. The van der Waals surface area contributed by atoms with E-state index in [2.05, 4.69) is 14.9 Å². The van der Waals surface area contributed by atoms with Crippen LogP contribution in [0, 0.1) is 11.6 Å². The highest BCUT2D eigenvalue weighted by Gasteiger charge is 2.36. The lowest BCUT2D eigenvalue weighted by Crippen LogP contribution is -2.46. The molecule has 0 radical (unpaired) electrons. The fourth-order valence-corrected chi connectivity index (χ4v) is 4.69. The number of hydrogen-bond donors (Lipinski definition) is 0. The van der Waals surface area contributed by atoms with E-state index in [-0.39, 0.29) is 29.1 Å². The van der Waals surface area contributed by atoms with Crippen molar-refractivity contribution in [2.24, 2.45) is 0 Å². The van der Waals surface area contributed by atoms with Crippen LogP contribution in [-0.4, -0.2) is 68.5 Å². The van der Waals surface area contributed by atoms with Crippen LogP contribution in [0.3, 0.4) is 0 Å². The standard InChI is InChI=1S/C20H22ClF2N5O2S/c1-31(30)14-8-16(22)15(17(23)9-14)12-27-6-7-28(20(27)29)13-2-4-26(5-3-13)19-11-24-18(21)10-25-19/h8-11,13H,2-7,12H2,1H3. The summed E-state index contributed by atoms with van der Waals surface area (Å²) >= 11 is 5.79. The van der Waals surface area contributed by atoms with E-state index in [1.165, 1.54) is 17.4 Å². The Morgan fingerprint density at radius 3 is 2.35 bits per heavy atom. The van der Waals surface area contributed by atoms with Gasteiger partial charge in [-0.2, -0.15) is 0 Å². The van der Waals surface area contributed by atoms with Gasteiger partial charge in [0.25, 0.3) is 0 Å². The monoisotopic (exact) mass is 469 g/mol. The Balaban J connectivity index is 1.38. The topological polar surface area (TPSA) is 69.6 Å². The van der Waals surface area contributed by atoms with Crippen molar-refractivity contribution in [2.75, 3.05) is 37.3 Å². The molecule has 4 rings (SSSR count). The van der Waals surface area contributed by atoms with Gasteiger partial charge in [0, 0.05) is 59.7 Å². The van der Waals surface area contributed by atoms with Gasteiger partial charge in [-0.05, 0) is 25.0 Å². The van der Waals surface area contributed by atoms with Crippen molar-refractivity contribution in [3.05, 3.63) is 46.9 Å². The predicted molar refractivity (Wildman–Crippen MR) is 113 cm³/mol. The molecule has 0 bridgehead atoms. The van der Waals surface area contributed by atoms with Crippen LogP contribution in [0.4, 0.5) is 19.4 Å². The van der Waals surface area contributed by atoms with E-state index in [0.29, 0.717) is 18.2 Å². The molecule has 2 saturated heterocycles. The van der Waals surface area contributed by atoms with E-state index in [9.17, 15) is 17.8 Å². The molecule has 0 spiro atoms. The zero-order valence-corrected chi connectivity index (χ0v) is 18.5. The first-order valence-electron chi connectivity index (χ1n) is 9.93. The molecule has 2 aromatic rings. The van der Waals surface area contributed by atoms with Crippen LogP contribution in [0.2, 0.25) is 5.15 Å². The number of piperidine rings is 1. The number of carbonyl (C=O) groups is 1. The summed E-state index contributed by atoms with van der Waals surface area (Å²) < 4.78 is 40.3. The fourth-order valence-electron chi connectivity index (χ4n) is 4.05. The van der Waals surface area contributed by atoms with Crippen LogP contribution in [0.1, 0.15) is 18.4 Å². The number of hydrogen-bond acceptors (Lipinski definition) is 5. The Morgan fingerprint density at radius 2 is 1.77 bits per heavy atom. The minimum absolute atomic E-state index is 0.0635. The van der Waals surface area contributed by atoms with Gasteiger partial charge in [0.1, 0.15) is 22.6 Å². The van der Waals surface area contributed by atoms with Gasteiger partial charge >= 0.3 is 6.03 Å². The molecular weight excluding hydrogens is 448 g/mol. The van der Waals surface area contributed by atoms with Gasteiger partial charge in [-0.1, -0.05) is 11.6 Å². The molecule has 1 aromatic carbocycles. The van der Waals surface area contributed by atoms with Crippen LogP contribution >= 0.6 is 11.6 Å². The quantitative estimate of drug-likeness (QED) is 0.673. The average Bonchev–Trinajstić information content (AvgIpc) is 3.11. The molecule has 1 atom stereocenters. The number of aromatic nitrogens is 2. The number of benzene rings is 1. The third-order valence-electron chi connectivity index (χ3n) is 5.76. The minimum atomic E-state index is -1.48. The van der Waals surface area contributed by atoms with Crippen molar-refractivity contribution < 1.29 is 17.8 Å². The highest BCUT2D eigenvalue weighted by Crippen LogP contribution is 2.26. The zero-order chi connectivity index (χ0) is 22.1. The Labute approximate surface area is 186 Å². The predicted octanol–water partition coefficient (Wildman–Crippen LogP) is 3.05. The first-order valence-corrected chi connectivity index (χ1v) is 11.9. The number of halogens is 3. The summed E-state index contributed by atoms with van der Waals surface area (Å²) in [6.07, 6.45) is 6.04. The largest absolute Gasteiger partial charge is 0.355 e. The van der Waals surface area contributed by atoms with Crippen molar-refractivity contribution in [1.82, 2.24) is 19.8 Å². The highest BCUT2D eigenvalue weighted by atomic mass is 35.5. The average molecular weight is 470 g/mol. The van der Waals surface area contributed by atoms with Crippen molar-refractivity contribution >= 4 is 34.2 Å². The summed E-state index contributed by atoms with van der Waals surface area (Å²) in [6.45, 7) is 2.22. The molecule has 11 heteroatoms. The lowest BCUT2D eigenvalue weighted by molar-refractivity contribution is 0.166. The number of anilines is 1. The van der Waals surface area contributed by atoms with Gasteiger partial charge in [-0.3, -0.25) is 4.21 Å². The molecule has 166 valence electrons. The van der Waals surface area contributed by atoms with Crippen molar-refractivity contribution in [1.29, 1.82) is 0 Å². The zero-order valence-electron chi connectivity index (χ0n) is 16.9. The van der Waals surface area contributed by atoms with E-state index in [1.54, 1.807) is 11.1 Å². The van der Waals surface area contributed by atoms with Crippen molar-refractivity contribution in [3.8, 4) is 0 Å². The van der Waals surface area contributed by atoms with Gasteiger partial charge < -0.3 is 14.7 Å². The molecular formula is C20H22ClF2N5O2S. The van der Waals surface area contributed by atoms with Crippen LogP contribution in [0.25, 0.3) is 0 Å². The molecule has 3 heterocycles. The van der Waals surface area contributed by atoms with Crippen LogP contribution < -0.4 is 4.90 Å². The van der Waals surface area contributed by atoms with E-state index >= 15 is 0 Å². The first kappa shape index (κ1) is 21.9. The lowest BCUT2D eigenvalue weighted by Gasteiger charge is -2.36. The van der Waals surface area contributed by atoms with E-state index in [1.807, 2.05) is 0 Å². The molecule has 0 aliphatic carbocycles. The van der Waals surface area contributed by atoms with Gasteiger partial charge in [-0.15, -0.1) is 0 Å². The third-order valence-corrected chi connectivity index (χ3v) is 6.85. The molecule has 2 fully saturated rings. The summed E-state index contributed by atoms with van der Waals surface area (Å²) in [5, 5.41) is 0.340. The second-order valence-electron chi connectivity index (χ2n) is 7.63. The Kier molecular flexibility index (Phi) is 6.38. The molecule has 1 unspecified atom stereocenters. The minimum Gasteiger partial charge on any atom is -0.355 e. The SMILES string of the molecule is CS(=O)c1cc(F)c(CN2CCN(C3CCN(c4cnc(Cl)cn4)CC3)C2=O)c(F)c1. The van der Waals surface area contributed by atoms with Crippen LogP contribution in [0.5, 0.6) is 0 Å². The van der Waals surface area contributed by atoms with E-state index in [4.69, 9.17) is 11.6 Å². The molecule has 2 aliphatic rings. The van der Waals surface area contributed by atoms with Gasteiger partial charge in [0.05, 0.1) is 18.9 Å². The Morgan fingerprint density at radius 1 is 1.10 bits per heavy atom. The summed E-state index contributed by atoms with van der Waals surface area (Å²) in [7, 11) is -1.48. The second-order valence-corrected chi connectivity index (χ2v) is 9.40. The number of nitrogens with zero attached hydrogens (tertiary/aromatic N) is 5. The van der Waals surface area contributed by atoms with Crippen LogP contribution in [0.15, 0.2) is 29.4 Å².